The first-order chi connectivity index (χ1) is 13.8. The first kappa shape index (κ1) is 21.0. The third-order valence-corrected chi connectivity index (χ3v) is 6.45. The molecule has 6 nitrogen and oxygen atoms in total. The lowest BCUT2D eigenvalue weighted by Gasteiger charge is -2.12. The molecule has 1 aromatic heterocycles. The molecule has 3 rings (SSSR count). The van der Waals surface area contributed by atoms with E-state index in [4.69, 9.17) is 0 Å². The molecule has 0 bridgehead atoms. The van der Waals surface area contributed by atoms with Crippen molar-refractivity contribution in [1.82, 2.24) is 10.3 Å². The van der Waals surface area contributed by atoms with Crippen molar-refractivity contribution in [2.45, 2.75) is 25.7 Å². The lowest BCUT2D eigenvalue weighted by molar-refractivity contribution is 0.0948. The number of benzene rings is 2. The van der Waals surface area contributed by atoms with Crippen molar-refractivity contribution in [1.29, 1.82) is 0 Å². The minimum Gasteiger partial charge on any atom is -0.352 e. The predicted octanol–water partition coefficient (Wildman–Crippen LogP) is 4.31. The van der Waals surface area contributed by atoms with Gasteiger partial charge in [0.05, 0.1) is 10.6 Å². The van der Waals surface area contributed by atoms with Gasteiger partial charge in [0.2, 0.25) is 0 Å². The third-order valence-electron chi connectivity index (χ3n) is 4.23. The summed E-state index contributed by atoms with van der Waals surface area (Å²) < 4.78 is 28.2. The average Bonchev–Trinajstić information content (AvgIpc) is 3.14. The summed E-state index contributed by atoms with van der Waals surface area (Å²) in [6.07, 6.45) is 0. The fraction of sp³-hybridized carbons (Fsp3) is 0.238. The fourth-order valence-electron chi connectivity index (χ4n) is 2.64. The van der Waals surface area contributed by atoms with E-state index in [1.54, 1.807) is 18.4 Å². The van der Waals surface area contributed by atoms with Crippen molar-refractivity contribution in [2.75, 3.05) is 11.3 Å². The van der Waals surface area contributed by atoms with Crippen LogP contribution in [0.4, 0.5) is 5.13 Å². The highest BCUT2D eigenvalue weighted by Crippen LogP contribution is 2.27. The zero-order valence-electron chi connectivity index (χ0n) is 16.5. The molecule has 152 valence electrons. The number of amides is 1. The van der Waals surface area contributed by atoms with Gasteiger partial charge in [-0.05, 0) is 30.5 Å². The molecule has 1 heterocycles. The van der Waals surface area contributed by atoms with Crippen molar-refractivity contribution < 1.29 is 13.2 Å². The van der Waals surface area contributed by atoms with Gasteiger partial charge in [0, 0.05) is 23.1 Å². The number of anilines is 1. The molecule has 0 atom stereocenters. The maximum atomic E-state index is 12.8. The van der Waals surface area contributed by atoms with E-state index in [-0.39, 0.29) is 15.9 Å². The van der Waals surface area contributed by atoms with Crippen LogP contribution in [0.15, 0.2) is 58.8 Å². The van der Waals surface area contributed by atoms with Crippen LogP contribution in [0.25, 0.3) is 11.3 Å². The molecule has 0 fully saturated rings. The number of nitrogens with one attached hydrogen (secondary N) is 2. The van der Waals surface area contributed by atoms with Crippen molar-refractivity contribution >= 4 is 32.4 Å². The average molecular weight is 430 g/mol. The van der Waals surface area contributed by atoms with Gasteiger partial charge in [-0.25, -0.2) is 13.4 Å². The molecular weight excluding hydrogens is 406 g/mol. The Morgan fingerprint density at radius 1 is 1.14 bits per heavy atom. The van der Waals surface area contributed by atoms with Gasteiger partial charge >= 0.3 is 0 Å². The summed E-state index contributed by atoms with van der Waals surface area (Å²) in [7, 11) is -3.87. The highest BCUT2D eigenvalue weighted by atomic mass is 32.2. The standard InChI is InChI=1S/C21H23N3O3S2/c1-14(2)12-22-20(25)18-11-17(10-9-15(18)3)29(26,27)24-21-23-19(13-28-21)16-7-5-4-6-8-16/h4-11,13-14H,12H2,1-3H3,(H,22,25)(H,23,24). The Morgan fingerprint density at radius 2 is 1.86 bits per heavy atom. The van der Waals surface area contributed by atoms with Crippen LogP contribution in [0.3, 0.4) is 0 Å². The fourth-order valence-corrected chi connectivity index (χ4v) is 4.64. The summed E-state index contributed by atoms with van der Waals surface area (Å²) in [5.41, 5.74) is 2.67. The molecule has 3 aromatic rings. The zero-order chi connectivity index (χ0) is 21.0. The smallest absolute Gasteiger partial charge is 0.263 e. The van der Waals surface area contributed by atoms with Crippen LogP contribution in [0, 0.1) is 12.8 Å². The van der Waals surface area contributed by atoms with Crippen LogP contribution in [0.5, 0.6) is 0 Å². The van der Waals surface area contributed by atoms with Crippen molar-refractivity contribution in [2.24, 2.45) is 5.92 Å². The summed E-state index contributed by atoms with van der Waals surface area (Å²) >= 11 is 1.21. The summed E-state index contributed by atoms with van der Waals surface area (Å²) in [5, 5.41) is 4.90. The molecule has 0 aliphatic heterocycles. The summed E-state index contributed by atoms with van der Waals surface area (Å²) in [5.74, 6) is 0.0189. The topological polar surface area (TPSA) is 88.2 Å². The number of sulfonamides is 1. The number of aromatic nitrogens is 1. The van der Waals surface area contributed by atoms with Crippen LogP contribution in [-0.4, -0.2) is 25.9 Å². The Hall–Kier alpha value is -2.71. The lowest BCUT2D eigenvalue weighted by atomic mass is 10.1. The van der Waals surface area contributed by atoms with E-state index in [9.17, 15) is 13.2 Å². The molecule has 2 N–H and O–H groups in total. The van der Waals surface area contributed by atoms with Gasteiger partial charge in [0.15, 0.2) is 5.13 Å². The van der Waals surface area contributed by atoms with Crippen molar-refractivity contribution in [3.05, 3.63) is 65.0 Å². The van der Waals surface area contributed by atoms with E-state index in [1.165, 1.54) is 23.5 Å². The molecule has 29 heavy (non-hydrogen) atoms. The van der Waals surface area contributed by atoms with Crippen LogP contribution < -0.4 is 10.0 Å². The number of rotatable bonds is 7. The van der Waals surface area contributed by atoms with E-state index in [0.717, 1.165) is 5.56 Å². The number of carbonyl (C=O) groups is 1. The van der Waals surface area contributed by atoms with Crippen molar-refractivity contribution in [3.63, 3.8) is 0 Å². The highest BCUT2D eigenvalue weighted by molar-refractivity contribution is 7.93. The monoisotopic (exact) mass is 429 g/mol. The number of aryl methyl sites for hydroxylation is 1. The molecule has 0 radical (unpaired) electrons. The van der Waals surface area contributed by atoms with Gasteiger partial charge in [-0.1, -0.05) is 50.2 Å². The number of carbonyl (C=O) groups excluding carboxylic acids is 1. The molecule has 1 amide bonds. The van der Waals surface area contributed by atoms with Gasteiger partial charge in [0.1, 0.15) is 0 Å². The summed E-state index contributed by atoms with van der Waals surface area (Å²) in [4.78, 5) is 16.8. The number of nitrogens with zero attached hydrogens (tertiary/aromatic N) is 1. The number of hydrogen-bond acceptors (Lipinski definition) is 5. The van der Waals surface area contributed by atoms with Crippen LogP contribution in [0.1, 0.15) is 29.8 Å². The molecule has 0 saturated heterocycles. The predicted molar refractivity (Wildman–Crippen MR) is 117 cm³/mol. The SMILES string of the molecule is Cc1ccc(S(=O)(=O)Nc2nc(-c3ccccc3)cs2)cc1C(=O)NCC(C)C. The van der Waals surface area contributed by atoms with Crippen LogP contribution >= 0.6 is 11.3 Å². The Morgan fingerprint density at radius 3 is 2.55 bits per heavy atom. The van der Waals surface area contributed by atoms with E-state index >= 15 is 0 Å². The quantitative estimate of drug-likeness (QED) is 0.586. The second kappa shape index (κ2) is 8.75. The molecule has 0 spiro atoms. The molecule has 2 aromatic carbocycles. The second-order valence-corrected chi connectivity index (χ2v) is 9.63. The number of hydrogen-bond donors (Lipinski definition) is 2. The third kappa shape index (κ3) is 5.21. The molecule has 0 saturated carbocycles. The van der Waals surface area contributed by atoms with Gasteiger partial charge in [-0.15, -0.1) is 11.3 Å². The zero-order valence-corrected chi connectivity index (χ0v) is 18.1. The van der Waals surface area contributed by atoms with Crippen LogP contribution in [0.2, 0.25) is 0 Å². The van der Waals surface area contributed by atoms with E-state index < -0.39 is 10.0 Å². The van der Waals surface area contributed by atoms with Crippen LogP contribution in [-0.2, 0) is 10.0 Å². The second-order valence-electron chi connectivity index (χ2n) is 7.09. The molecule has 8 heteroatoms. The minimum atomic E-state index is -3.87. The molecule has 0 aliphatic rings. The summed E-state index contributed by atoms with van der Waals surface area (Å²) in [6.45, 7) is 6.29. The van der Waals surface area contributed by atoms with Crippen molar-refractivity contribution in [3.8, 4) is 11.3 Å². The normalized spacial score (nSPS) is 11.4. The Kier molecular flexibility index (Phi) is 6.34. The maximum absolute atomic E-state index is 12.8. The largest absolute Gasteiger partial charge is 0.352 e. The van der Waals surface area contributed by atoms with Gasteiger partial charge in [-0.2, -0.15) is 0 Å². The molecule has 0 unspecified atom stereocenters. The van der Waals surface area contributed by atoms with E-state index in [2.05, 4.69) is 15.0 Å². The highest BCUT2D eigenvalue weighted by Gasteiger charge is 2.20. The van der Waals surface area contributed by atoms with Gasteiger partial charge < -0.3 is 5.32 Å². The number of thiazole rings is 1. The van der Waals surface area contributed by atoms with E-state index in [1.807, 2.05) is 44.2 Å². The molecular formula is C21H23N3O3S2. The Bertz CT molecular complexity index is 1110. The Balaban J connectivity index is 1.82. The first-order valence-corrected chi connectivity index (χ1v) is 11.5. The minimum absolute atomic E-state index is 0.0225. The maximum Gasteiger partial charge on any atom is 0.263 e. The van der Waals surface area contributed by atoms with Gasteiger partial charge in [-0.3, -0.25) is 9.52 Å². The first-order valence-electron chi connectivity index (χ1n) is 9.19. The summed E-state index contributed by atoms with van der Waals surface area (Å²) in [6, 6.07) is 14.1. The lowest BCUT2D eigenvalue weighted by Crippen LogP contribution is -2.28. The van der Waals surface area contributed by atoms with Gasteiger partial charge in [0.25, 0.3) is 15.9 Å². The van der Waals surface area contributed by atoms with E-state index in [0.29, 0.717) is 29.3 Å². The Labute approximate surface area is 175 Å². The molecule has 0 aliphatic carbocycles.